The van der Waals surface area contributed by atoms with Crippen molar-refractivity contribution in [3.63, 3.8) is 0 Å². The Morgan fingerprint density at radius 2 is 2.00 bits per heavy atom. The number of nitrogens with zero attached hydrogens (tertiary/aromatic N) is 3. The Labute approximate surface area is 148 Å². The van der Waals surface area contributed by atoms with Gasteiger partial charge in [-0.3, -0.25) is 14.2 Å². The van der Waals surface area contributed by atoms with Gasteiger partial charge < -0.3 is 10.4 Å². The monoisotopic (exact) mass is 366 g/mol. The molecule has 2 N–H and O–H groups in total. The number of carboxylic acids is 1. The molecule has 0 aliphatic carbocycles. The van der Waals surface area contributed by atoms with E-state index < -0.39 is 5.97 Å². The van der Waals surface area contributed by atoms with Crippen LogP contribution in [0.2, 0.25) is 0 Å². The highest BCUT2D eigenvalue weighted by Gasteiger charge is 2.10. The Morgan fingerprint density at radius 1 is 1.25 bits per heavy atom. The van der Waals surface area contributed by atoms with Gasteiger partial charge in [0.05, 0.1) is 11.5 Å². The zero-order chi connectivity index (χ0) is 17.4. The van der Waals surface area contributed by atoms with E-state index in [1.54, 1.807) is 6.33 Å². The average molecular weight is 366 g/mol. The van der Waals surface area contributed by atoms with Gasteiger partial charge in [-0.15, -0.1) is 22.0 Å². The van der Waals surface area contributed by atoms with Crippen molar-refractivity contribution in [2.45, 2.75) is 12.1 Å². The molecule has 0 bridgehead atoms. The summed E-state index contributed by atoms with van der Waals surface area (Å²) in [7, 11) is 0. The smallest absolute Gasteiger partial charge is 0.313 e. The number of hydrogen-bond acceptors (Lipinski definition) is 6. The Hall–Kier alpha value is -2.00. The van der Waals surface area contributed by atoms with Crippen LogP contribution in [0.5, 0.6) is 0 Å². The summed E-state index contributed by atoms with van der Waals surface area (Å²) in [4.78, 5) is 22.2. The molecule has 1 aromatic carbocycles. The van der Waals surface area contributed by atoms with Crippen molar-refractivity contribution in [3.8, 4) is 5.69 Å². The molecule has 9 heteroatoms. The largest absolute Gasteiger partial charge is 0.481 e. The summed E-state index contributed by atoms with van der Waals surface area (Å²) in [6.07, 6.45) is 1.62. The molecule has 1 aromatic heterocycles. The quantitative estimate of drug-likeness (QED) is 0.514. The maximum absolute atomic E-state index is 11.8. The number of thioether (sulfide) groups is 2. The number of amides is 1. The lowest BCUT2D eigenvalue weighted by molar-refractivity contribution is -0.133. The molecule has 0 saturated carbocycles. The first-order chi connectivity index (χ1) is 11.6. The zero-order valence-electron chi connectivity index (χ0n) is 13.1. The van der Waals surface area contributed by atoms with Gasteiger partial charge in [0.15, 0.2) is 5.16 Å². The number of rotatable bonds is 9. The fraction of sp³-hybridized carbons (Fsp3) is 0.333. The number of aliphatic carboxylic acids is 1. The van der Waals surface area contributed by atoms with Crippen molar-refractivity contribution in [1.29, 1.82) is 0 Å². The number of carbonyl (C=O) groups is 2. The molecule has 1 amide bonds. The minimum atomic E-state index is -0.850. The van der Waals surface area contributed by atoms with Crippen LogP contribution in [0.3, 0.4) is 0 Å². The van der Waals surface area contributed by atoms with Gasteiger partial charge in [-0.1, -0.05) is 29.5 Å². The van der Waals surface area contributed by atoms with Gasteiger partial charge >= 0.3 is 5.97 Å². The van der Waals surface area contributed by atoms with Crippen molar-refractivity contribution in [3.05, 3.63) is 36.2 Å². The van der Waals surface area contributed by atoms with E-state index in [0.717, 1.165) is 5.69 Å². The maximum atomic E-state index is 11.8. The normalized spacial score (nSPS) is 10.5. The van der Waals surface area contributed by atoms with Crippen LogP contribution in [-0.4, -0.2) is 55.6 Å². The van der Waals surface area contributed by atoms with Gasteiger partial charge in [-0.2, -0.15) is 0 Å². The molecule has 2 aromatic rings. The Bertz CT molecular complexity index is 688. The first-order valence-corrected chi connectivity index (χ1v) is 9.36. The number of benzene rings is 1. The van der Waals surface area contributed by atoms with Crippen LogP contribution in [0.4, 0.5) is 0 Å². The predicted molar refractivity (Wildman–Crippen MR) is 94.8 cm³/mol. The third kappa shape index (κ3) is 5.89. The van der Waals surface area contributed by atoms with Crippen LogP contribution < -0.4 is 5.32 Å². The fourth-order valence-electron chi connectivity index (χ4n) is 1.81. The Kier molecular flexibility index (Phi) is 7.13. The second kappa shape index (κ2) is 9.33. The molecule has 0 radical (unpaired) electrons. The van der Waals surface area contributed by atoms with Gasteiger partial charge in [0.2, 0.25) is 5.91 Å². The molecule has 0 unspecified atom stereocenters. The molecule has 0 aliphatic rings. The molecule has 0 spiro atoms. The Balaban J connectivity index is 1.78. The molecule has 0 saturated heterocycles. The lowest BCUT2D eigenvalue weighted by Gasteiger charge is -2.07. The van der Waals surface area contributed by atoms with Crippen LogP contribution in [0.15, 0.2) is 35.7 Å². The molecule has 128 valence electrons. The number of carbonyl (C=O) groups excluding carboxylic acids is 1. The fourth-order valence-corrected chi connectivity index (χ4v) is 3.13. The molecule has 24 heavy (non-hydrogen) atoms. The number of aromatic nitrogens is 3. The highest BCUT2D eigenvalue weighted by atomic mass is 32.2. The van der Waals surface area contributed by atoms with Crippen molar-refractivity contribution >= 4 is 35.4 Å². The van der Waals surface area contributed by atoms with Gasteiger partial charge in [-0.05, 0) is 19.1 Å². The van der Waals surface area contributed by atoms with E-state index in [1.807, 2.05) is 35.8 Å². The molecule has 0 atom stereocenters. The second-order valence-electron chi connectivity index (χ2n) is 4.90. The molecule has 1 heterocycles. The van der Waals surface area contributed by atoms with Gasteiger partial charge in [0, 0.05) is 18.0 Å². The second-order valence-corrected chi connectivity index (χ2v) is 6.95. The lowest BCUT2D eigenvalue weighted by Crippen LogP contribution is -2.27. The van der Waals surface area contributed by atoms with Crippen molar-refractivity contribution in [2.75, 3.05) is 23.8 Å². The van der Waals surface area contributed by atoms with Gasteiger partial charge in [0.1, 0.15) is 6.33 Å². The van der Waals surface area contributed by atoms with E-state index in [4.69, 9.17) is 5.11 Å². The highest BCUT2D eigenvalue weighted by molar-refractivity contribution is 8.00. The maximum Gasteiger partial charge on any atom is 0.313 e. The molecule has 0 aliphatic heterocycles. The predicted octanol–water partition coefficient (Wildman–Crippen LogP) is 1.60. The number of hydrogen-bond donors (Lipinski definition) is 2. The summed E-state index contributed by atoms with van der Waals surface area (Å²) in [5.74, 6) is -0.118. The summed E-state index contributed by atoms with van der Waals surface area (Å²) < 4.78 is 1.83. The van der Waals surface area contributed by atoms with Gasteiger partial charge in [0.25, 0.3) is 0 Å². The summed E-state index contributed by atoms with van der Waals surface area (Å²) in [6.45, 7) is 2.46. The van der Waals surface area contributed by atoms with Crippen molar-refractivity contribution < 1.29 is 14.7 Å². The third-order valence-electron chi connectivity index (χ3n) is 2.96. The van der Waals surface area contributed by atoms with Crippen LogP contribution in [0, 0.1) is 6.92 Å². The van der Waals surface area contributed by atoms with E-state index in [9.17, 15) is 9.59 Å². The third-order valence-corrected chi connectivity index (χ3v) is 4.84. The van der Waals surface area contributed by atoms with Crippen LogP contribution in [0.25, 0.3) is 5.69 Å². The summed E-state index contributed by atoms with van der Waals surface area (Å²) in [5, 5.41) is 19.9. The summed E-state index contributed by atoms with van der Waals surface area (Å²) >= 11 is 2.58. The summed E-state index contributed by atoms with van der Waals surface area (Å²) in [6, 6.07) is 7.96. The molecule has 7 nitrogen and oxygen atoms in total. The lowest BCUT2D eigenvalue weighted by atomic mass is 10.2. The minimum absolute atomic E-state index is 0.0459. The number of nitrogens with one attached hydrogen (secondary N) is 1. The first kappa shape index (κ1) is 18.3. The van der Waals surface area contributed by atoms with Gasteiger partial charge in [-0.25, -0.2) is 0 Å². The van der Waals surface area contributed by atoms with E-state index in [1.165, 1.54) is 29.1 Å². The number of aryl methyl sites for hydroxylation is 1. The molecule has 0 fully saturated rings. The molecular formula is C15H18N4O3S2. The summed E-state index contributed by atoms with van der Waals surface area (Å²) in [5.41, 5.74) is 2.11. The van der Waals surface area contributed by atoms with Crippen LogP contribution >= 0.6 is 23.5 Å². The topological polar surface area (TPSA) is 97.1 Å². The zero-order valence-corrected chi connectivity index (χ0v) is 14.8. The van der Waals surface area contributed by atoms with Crippen LogP contribution in [0.1, 0.15) is 5.56 Å². The minimum Gasteiger partial charge on any atom is -0.481 e. The van der Waals surface area contributed by atoms with Crippen molar-refractivity contribution in [1.82, 2.24) is 20.1 Å². The Morgan fingerprint density at radius 3 is 2.71 bits per heavy atom. The average Bonchev–Trinajstić information content (AvgIpc) is 3.01. The standard InChI is InChI=1S/C15H18N4O3S2/c1-11-2-4-12(5-3-11)19-10-17-18-15(19)24-8-13(20)16-6-7-23-9-14(21)22/h2-5,10H,6-9H2,1H3,(H,16,20)(H,21,22). The van der Waals surface area contributed by atoms with E-state index in [0.29, 0.717) is 17.5 Å². The molecule has 2 rings (SSSR count). The highest BCUT2D eigenvalue weighted by Crippen LogP contribution is 2.19. The van der Waals surface area contributed by atoms with E-state index >= 15 is 0 Å². The molecular weight excluding hydrogens is 348 g/mol. The number of carboxylic acid groups (broad SMARTS) is 1. The van der Waals surface area contributed by atoms with E-state index in [2.05, 4.69) is 15.5 Å². The van der Waals surface area contributed by atoms with Crippen molar-refractivity contribution in [2.24, 2.45) is 0 Å². The van der Waals surface area contributed by atoms with E-state index in [-0.39, 0.29) is 17.4 Å². The SMILES string of the molecule is Cc1ccc(-n2cnnc2SCC(=O)NCCSCC(=O)O)cc1. The first-order valence-electron chi connectivity index (χ1n) is 7.22. The van der Waals surface area contributed by atoms with Crippen LogP contribution in [-0.2, 0) is 9.59 Å².